The van der Waals surface area contributed by atoms with E-state index in [4.69, 9.17) is 0 Å². The van der Waals surface area contributed by atoms with Crippen molar-refractivity contribution in [2.75, 3.05) is 68.7 Å². The Kier molecular flexibility index (Phi) is 5.18. The highest BCUT2D eigenvalue weighted by molar-refractivity contribution is 5.73. The highest BCUT2D eigenvalue weighted by Gasteiger charge is 2.22. The fourth-order valence-electron chi connectivity index (χ4n) is 3.40. The van der Waals surface area contributed by atoms with E-state index in [0.717, 1.165) is 76.4 Å². The van der Waals surface area contributed by atoms with Gasteiger partial charge in [0, 0.05) is 65.3 Å². The van der Waals surface area contributed by atoms with Crippen LogP contribution in [0.1, 0.15) is 19.7 Å². The second-order valence-corrected chi connectivity index (χ2v) is 6.55. The predicted octanol–water partition coefficient (Wildman–Crippen LogP) is 0.595. The van der Waals surface area contributed by atoms with Gasteiger partial charge in [-0.1, -0.05) is 6.92 Å². The Bertz CT molecular complexity index is 576. The van der Waals surface area contributed by atoms with Crippen molar-refractivity contribution in [3.63, 3.8) is 0 Å². The number of amides is 1. The molecule has 0 atom stereocenters. The minimum Gasteiger partial charge on any atom is -0.354 e. The van der Waals surface area contributed by atoms with Crippen LogP contribution in [0.15, 0.2) is 6.07 Å². The molecule has 0 saturated carbocycles. The van der Waals surface area contributed by atoms with Crippen LogP contribution >= 0.6 is 0 Å². The molecule has 7 nitrogen and oxygen atoms in total. The zero-order valence-corrected chi connectivity index (χ0v) is 15.0. The van der Waals surface area contributed by atoms with Gasteiger partial charge in [-0.15, -0.1) is 0 Å². The molecule has 7 heteroatoms. The molecule has 1 aromatic heterocycles. The smallest absolute Gasteiger partial charge is 0.219 e. The van der Waals surface area contributed by atoms with Crippen molar-refractivity contribution in [1.29, 1.82) is 0 Å². The van der Waals surface area contributed by atoms with Crippen molar-refractivity contribution in [1.82, 2.24) is 19.8 Å². The summed E-state index contributed by atoms with van der Waals surface area (Å²) in [6.45, 7) is 14.3. The molecule has 2 fully saturated rings. The lowest BCUT2D eigenvalue weighted by Gasteiger charge is -2.37. The first-order valence-corrected chi connectivity index (χ1v) is 8.90. The standard InChI is InChI=1S/C17H28N6O/c1-4-20-5-7-22(8-6-20)16-13-17(19-14(2)18-16)23-11-9-21(10-12-23)15(3)24/h13H,4-12H2,1-3H3. The van der Waals surface area contributed by atoms with E-state index in [1.165, 1.54) is 0 Å². The number of carbonyl (C=O) groups excluding carboxylic acids is 1. The third kappa shape index (κ3) is 3.77. The summed E-state index contributed by atoms with van der Waals surface area (Å²) in [6, 6.07) is 2.11. The second kappa shape index (κ2) is 7.34. The van der Waals surface area contributed by atoms with Gasteiger partial charge in [0.05, 0.1) is 0 Å². The molecule has 2 saturated heterocycles. The van der Waals surface area contributed by atoms with E-state index < -0.39 is 0 Å². The maximum atomic E-state index is 11.5. The van der Waals surface area contributed by atoms with Crippen LogP contribution in [0, 0.1) is 6.92 Å². The van der Waals surface area contributed by atoms with Crippen LogP contribution in [0.4, 0.5) is 11.6 Å². The third-order valence-corrected chi connectivity index (χ3v) is 5.00. The number of hydrogen-bond donors (Lipinski definition) is 0. The van der Waals surface area contributed by atoms with E-state index in [1.807, 2.05) is 11.8 Å². The summed E-state index contributed by atoms with van der Waals surface area (Å²) in [4.78, 5) is 29.7. The highest BCUT2D eigenvalue weighted by Crippen LogP contribution is 2.21. The van der Waals surface area contributed by atoms with Crippen LogP contribution in [0.5, 0.6) is 0 Å². The number of hydrogen-bond acceptors (Lipinski definition) is 6. The summed E-state index contributed by atoms with van der Waals surface area (Å²) in [5.41, 5.74) is 0. The van der Waals surface area contributed by atoms with Gasteiger partial charge in [0.1, 0.15) is 17.5 Å². The van der Waals surface area contributed by atoms with E-state index in [0.29, 0.717) is 0 Å². The molecule has 0 aliphatic carbocycles. The Labute approximate surface area is 144 Å². The van der Waals surface area contributed by atoms with Crippen LogP contribution in [0.2, 0.25) is 0 Å². The average Bonchev–Trinajstić information content (AvgIpc) is 2.61. The number of likely N-dealkylation sites (N-methyl/N-ethyl adjacent to an activating group) is 1. The first-order chi connectivity index (χ1) is 11.6. The largest absolute Gasteiger partial charge is 0.354 e. The molecule has 0 bridgehead atoms. The predicted molar refractivity (Wildman–Crippen MR) is 95.6 cm³/mol. The molecule has 2 aliphatic rings. The van der Waals surface area contributed by atoms with Crippen LogP contribution in [-0.4, -0.2) is 84.6 Å². The van der Waals surface area contributed by atoms with E-state index in [1.54, 1.807) is 6.92 Å². The van der Waals surface area contributed by atoms with Gasteiger partial charge in [-0.3, -0.25) is 4.79 Å². The van der Waals surface area contributed by atoms with Gasteiger partial charge >= 0.3 is 0 Å². The molecule has 0 spiro atoms. The maximum Gasteiger partial charge on any atom is 0.219 e. The molecule has 0 N–H and O–H groups in total. The van der Waals surface area contributed by atoms with Crippen LogP contribution in [0.25, 0.3) is 0 Å². The Hall–Kier alpha value is -1.89. The summed E-state index contributed by atoms with van der Waals surface area (Å²) in [5, 5.41) is 0. The number of rotatable bonds is 3. The Morgan fingerprint density at radius 2 is 1.46 bits per heavy atom. The normalized spacial score (nSPS) is 19.7. The Balaban J connectivity index is 1.69. The molecule has 24 heavy (non-hydrogen) atoms. The van der Waals surface area contributed by atoms with Gasteiger partial charge in [0.15, 0.2) is 0 Å². The number of nitrogens with zero attached hydrogens (tertiary/aromatic N) is 6. The zero-order chi connectivity index (χ0) is 17.1. The van der Waals surface area contributed by atoms with Gasteiger partial charge in [-0.25, -0.2) is 9.97 Å². The van der Waals surface area contributed by atoms with E-state index in [2.05, 4.69) is 37.7 Å². The van der Waals surface area contributed by atoms with E-state index in [-0.39, 0.29) is 5.91 Å². The van der Waals surface area contributed by atoms with Crippen molar-refractivity contribution in [2.24, 2.45) is 0 Å². The molecular formula is C17H28N6O. The summed E-state index contributed by atoms with van der Waals surface area (Å²) < 4.78 is 0. The maximum absolute atomic E-state index is 11.5. The van der Waals surface area contributed by atoms with Crippen molar-refractivity contribution in [3.05, 3.63) is 11.9 Å². The van der Waals surface area contributed by atoms with Crippen LogP contribution in [-0.2, 0) is 4.79 Å². The van der Waals surface area contributed by atoms with Gasteiger partial charge in [-0.05, 0) is 13.5 Å². The fourth-order valence-corrected chi connectivity index (χ4v) is 3.40. The van der Waals surface area contributed by atoms with Crippen LogP contribution in [0.3, 0.4) is 0 Å². The lowest BCUT2D eigenvalue weighted by atomic mass is 10.3. The Morgan fingerprint density at radius 3 is 1.92 bits per heavy atom. The zero-order valence-electron chi connectivity index (χ0n) is 15.0. The molecule has 2 aliphatic heterocycles. The molecule has 132 valence electrons. The second-order valence-electron chi connectivity index (χ2n) is 6.55. The first kappa shape index (κ1) is 17.0. The van der Waals surface area contributed by atoms with Crippen molar-refractivity contribution in [3.8, 4) is 0 Å². The third-order valence-electron chi connectivity index (χ3n) is 5.00. The van der Waals surface area contributed by atoms with Crippen molar-refractivity contribution >= 4 is 17.5 Å². The number of piperazine rings is 2. The molecule has 1 aromatic rings. The molecule has 3 rings (SSSR count). The quantitative estimate of drug-likeness (QED) is 0.808. The van der Waals surface area contributed by atoms with Gasteiger partial charge < -0.3 is 19.6 Å². The topological polar surface area (TPSA) is 55.8 Å². The van der Waals surface area contributed by atoms with Crippen molar-refractivity contribution < 1.29 is 4.79 Å². The molecule has 1 amide bonds. The monoisotopic (exact) mass is 332 g/mol. The minimum absolute atomic E-state index is 0.156. The summed E-state index contributed by atoms with van der Waals surface area (Å²) >= 11 is 0. The molecule has 0 aromatic carbocycles. The van der Waals surface area contributed by atoms with Crippen molar-refractivity contribution in [2.45, 2.75) is 20.8 Å². The van der Waals surface area contributed by atoms with Gasteiger partial charge in [-0.2, -0.15) is 0 Å². The summed E-state index contributed by atoms with van der Waals surface area (Å²) in [6.07, 6.45) is 0. The number of aryl methyl sites for hydroxylation is 1. The minimum atomic E-state index is 0.156. The Morgan fingerprint density at radius 1 is 0.958 bits per heavy atom. The number of anilines is 2. The van der Waals surface area contributed by atoms with E-state index in [9.17, 15) is 4.79 Å². The first-order valence-electron chi connectivity index (χ1n) is 8.90. The fraction of sp³-hybridized carbons (Fsp3) is 0.706. The number of aromatic nitrogens is 2. The van der Waals surface area contributed by atoms with Gasteiger partial charge in [0.2, 0.25) is 5.91 Å². The number of carbonyl (C=O) groups is 1. The van der Waals surface area contributed by atoms with Gasteiger partial charge in [0.25, 0.3) is 0 Å². The SMILES string of the molecule is CCN1CCN(c2cc(N3CCN(C(C)=O)CC3)nc(C)n2)CC1. The lowest BCUT2D eigenvalue weighted by Crippen LogP contribution is -2.48. The molecule has 3 heterocycles. The average molecular weight is 332 g/mol. The summed E-state index contributed by atoms with van der Waals surface area (Å²) in [7, 11) is 0. The molecule has 0 unspecified atom stereocenters. The molecule has 0 radical (unpaired) electrons. The summed E-state index contributed by atoms with van der Waals surface area (Å²) in [5.74, 6) is 2.98. The highest BCUT2D eigenvalue weighted by atomic mass is 16.2. The lowest BCUT2D eigenvalue weighted by molar-refractivity contribution is -0.129. The molecular weight excluding hydrogens is 304 g/mol. The van der Waals surface area contributed by atoms with E-state index >= 15 is 0 Å². The van der Waals surface area contributed by atoms with Crippen LogP contribution < -0.4 is 9.80 Å².